The van der Waals surface area contributed by atoms with Gasteiger partial charge in [-0.05, 0) is 31.4 Å². The Labute approximate surface area is 131 Å². The molecule has 2 N–H and O–H groups in total. The van der Waals surface area contributed by atoms with Gasteiger partial charge in [-0.3, -0.25) is 4.79 Å². The van der Waals surface area contributed by atoms with E-state index in [9.17, 15) is 4.79 Å². The first-order chi connectivity index (χ1) is 10.7. The largest absolute Gasteiger partial charge is 0.492 e. The van der Waals surface area contributed by atoms with Crippen molar-refractivity contribution in [3.05, 3.63) is 23.8 Å². The highest BCUT2D eigenvalue weighted by Crippen LogP contribution is 2.25. The molecule has 2 rings (SSSR count). The predicted octanol–water partition coefficient (Wildman–Crippen LogP) is 2.56. The van der Waals surface area contributed by atoms with Crippen molar-refractivity contribution in [2.24, 2.45) is 5.92 Å². The lowest BCUT2D eigenvalue weighted by Crippen LogP contribution is -2.41. The maximum absolute atomic E-state index is 12.0. The number of piperidine rings is 1. The van der Waals surface area contributed by atoms with Crippen molar-refractivity contribution in [3.63, 3.8) is 0 Å². The van der Waals surface area contributed by atoms with E-state index in [4.69, 9.17) is 15.7 Å². The first-order valence-electron chi connectivity index (χ1n) is 7.84. The molecule has 0 saturated carbocycles. The molecular weight excluding hydrogens is 278 g/mol. The average molecular weight is 301 g/mol. The Hall–Kier alpha value is -2.22. The Bertz CT molecular complexity index is 566. The van der Waals surface area contributed by atoms with Crippen molar-refractivity contribution in [3.8, 4) is 11.8 Å². The summed E-state index contributed by atoms with van der Waals surface area (Å²) in [7, 11) is 0. The molecule has 118 valence electrons. The number of nitriles is 1. The normalized spacial score (nSPS) is 17.8. The van der Waals surface area contributed by atoms with E-state index >= 15 is 0 Å². The lowest BCUT2D eigenvalue weighted by atomic mass is 9.98. The molecule has 1 fully saturated rings. The molecule has 1 aliphatic rings. The first-order valence-corrected chi connectivity index (χ1v) is 7.84. The van der Waals surface area contributed by atoms with Gasteiger partial charge >= 0.3 is 0 Å². The van der Waals surface area contributed by atoms with Gasteiger partial charge in [0.2, 0.25) is 5.91 Å². The standard InChI is InChI=1S/C17H23N3O2/c1-2-5-17(21)20-9-4-6-13(11-20)12-22-16-8-3-7-15(19)14(16)10-18/h3,7-8,13H,2,4-6,9,11-12,19H2,1H3. The Morgan fingerprint density at radius 2 is 2.36 bits per heavy atom. The van der Waals surface area contributed by atoms with E-state index in [1.807, 2.05) is 11.8 Å². The van der Waals surface area contributed by atoms with E-state index in [0.29, 0.717) is 35.9 Å². The third kappa shape index (κ3) is 3.91. The van der Waals surface area contributed by atoms with E-state index in [2.05, 4.69) is 6.07 Å². The maximum Gasteiger partial charge on any atom is 0.222 e. The second-order valence-corrected chi connectivity index (χ2v) is 5.74. The van der Waals surface area contributed by atoms with Crippen molar-refractivity contribution in [1.82, 2.24) is 4.90 Å². The summed E-state index contributed by atoms with van der Waals surface area (Å²) in [6, 6.07) is 7.32. The number of carbonyl (C=O) groups excluding carboxylic acids is 1. The van der Waals surface area contributed by atoms with Crippen LogP contribution in [0, 0.1) is 17.2 Å². The number of carbonyl (C=O) groups is 1. The van der Waals surface area contributed by atoms with Crippen LogP contribution in [0.3, 0.4) is 0 Å². The molecular formula is C17H23N3O2. The average Bonchev–Trinajstić information content (AvgIpc) is 2.53. The van der Waals surface area contributed by atoms with Gasteiger partial charge in [0.1, 0.15) is 17.4 Å². The van der Waals surface area contributed by atoms with Gasteiger partial charge in [0.25, 0.3) is 0 Å². The zero-order valence-electron chi connectivity index (χ0n) is 13.0. The van der Waals surface area contributed by atoms with Gasteiger partial charge in [-0.15, -0.1) is 0 Å². The highest BCUT2D eigenvalue weighted by Gasteiger charge is 2.23. The summed E-state index contributed by atoms with van der Waals surface area (Å²) in [5.74, 6) is 1.07. The minimum atomic E-state index is 0.230. The minimum absolute atomic E-state index is 0.230. The zero-order valence-corrected chi connectivity index (χ0v) is 13.0. The Balaban J connectivity index is 1.93. The molecule has 1 unspecified atom stereocenters. The van der Waals surface area contributed by atoms with E-state index in [1.165, 1.54) is 0 Å². The van der Waals surface area contributed by atoms with Crippen LogP contribution in [0.1, 0.15) is 38.2 Å². The summed E-state index contributed by atoms with van der Waals surface area (Å²) in [5.41, 5.74) is 6.60. The molecule has 1 aromatic carbocycles. The first kappa shape index (κ1) is 16.2. The van der Waals surface area contributed by atoms with Gasteiger partial charge in [0, 0.05) is 25.4 Å². The van der Waals surface area contributed by atoms with Gasteiger partial charge in [0.15, 0.2) is 0 Å². The highest BCUT2D eigenvalue weighted by molar-refractivity contribution is 5.76. The Morgan fingerprint density at radius 1 is 1.55 bits per heavy atom. The zero-order chi connectivity index (χ0) is 15.9. The molecule has 0 spiro atoms. The van der Waals surface area contributed by atoms with Gasteiger partial charge in [-0.2, -0.15) is 5.26 Å². The van der Waals surface area contributed by atoms with Crippen LogP contribution in [-0.4, -0.2) is 30.5 Å². The third-order valence-electron chi connectivity index (χ3n) is 3.98. The van der Waals surface area contributed by atoms with Crippen LogP contribution in [0.2, 0.25) is 0 Å². The summed E-state index contributed by atoms with van der Waals surface area (Å²) < 4.78 is 5.80. The monoisotopic (exact) mass is 301 g/mol. The summed E-state index contributed by atoms with van der Waals surface area (Å²) >= 11 is 0. The maximum atomic E-state index is 12.0. The molecule has 22 heavy (non-hydrogen) atoms. The van der Waals surface area contributed by atoms with E-state index in [0.717, 1.165) is 32.4 Å². The second kappa shape index (κ2) is 7.69. The second-order valence-electron chi connectivity index (χ2n) is 5.74. The number of nitrogens with zero attached hydrogens (tertiary/aromatic N) is 2. The van der Waals surface area contributed by atoms with Crippen molar-refractivity contribution in [2.75, 3.05) is 25.4 Å². The van der Waals surface area contributed by atoms with Gasteiger partial charge < -0.3 is 15.4 Å². The van der Waals surface area contributed by atoms with Crippen LogP contribution in [0.25, 0.3) is 0 Å². The molecule has 1 heterocycles. The SMILES string of the molecule is CCCC(=O)N1CCCC(COc2cccc(N)c2C#N)C1. The summed E-state index contributed by atoms with van der Waals surface area (Å²) in [6.07, 6.45) is 3.54. The van der Waals surface area contributed by atoms with Crippen LogP contribution in [0.5, 0.6) is 5.75 Å². The molecule has 0 bridgehead atoms. The van der Waals surface area contributed by atoms with Crippen LogP contribution < -0.4 is 10.5 Å². The smallest absolute Gasteiger partial charge is 0.222 e. The number of nitrogen functional groups attached to an aromatic ring is 1. The fourth-order valence-corrected chi connectivity index (χ4v) is 2.80. The van der Waals surface area contributed by atoms with Crippen LogP contribution >= 0.6 is 0 Å². The lowest BCUT2D eigenvalue weighted by Gasteiger charge is -2.32. The van der Waals surface area contributed by atoms with Gasteiger partial charge in [0.05, 0.1) is 12.3 Å². The minimum Gasteiger partial charge on any atom is -0.492 e. The molecule has 1 aromatic rings. The third-order valence-corrected chi connectivity index (χ3v) is 3.98. The van der Waals surface area contributed by atoms with Crippen LogP contribution in [-0.2, 0) is 4.79 Å². The molecule has 1 amide bonds. The number of benzene rings is 1. The number of rotatable bonds is 5. The number of hydrogen-bond acceptors (Lipinski definition) is 4. The number of ether oxygens (including phenoxy) is 1. The van der Waals surface area contributed by atoms with Crippen LogP contribution in [0.15, 0.2) is 18.2 Å². The van der Waals surface area contributed by atoms with Crippen LogP contribution in [0.4, 0.5) is 5.69 Å². The quantitative estimate of drug-likeness (QED) is 0.848. The Kier molecular flexibility index (Phi) is 5.65. The summed E-state index contributed by atoms with van der Waals surface area (Å²) in [5, 5.41) is 9.15. The molecule has 1 atom stereocenters. The summed E-state index contributed by atoms with van der Waals surface area (Å²) in [6.45, 7) is 4.11. The molecule has 5 heteroatoms. The lowest BCUT2D eigenvalue weighted by molar-refractivity contribution is -0.133. The number of anilines is 1. The highest BCUT2D eigenvalue weighted by atomic mass is 16.5. The number of hydrogen-bond donors (Lipinski definition) is 1. The number of likely N-dealkylation sites (tertiary alicyclic amines) is 1. The molecule has 1 aliphatic heterocycles. The van der Waals surface area contributed by atoms with Crippen molar-refractivity contribution < 1.29 is 9.53 Å². The fraction of sp³-hybridized carbons (Fsp3) is 0.529. The van der Waals surface area contributed by atoms with Gasteiger partial charge in [-0.1, -0.05) is 13.0 Å². The van der Waals surface area contributed by atoms with Gasteiger partial charge in [-0.25, -0.2) is 0 Å². The van der Waals surface area contributed by atoms with Crippen molar-refractivity contribution in [1.29, 1.82) is 5.26 Å². The van der Waals surface area contributed by atoms with E-state index < -0.39 is 0 Å². The number of nitrogens with two attached hydrogens (primary N) is 1. The van der Waals surface area contributed by atoms with E-state index in [-0.39, 0.29) is 5.91 Å². The molecule has 5 nitrogen and oxygen atoms in total. The topological polar surface area (TPSA) is 79.3 Å². The van der Waals surface area contributed by atoms with Crippen molar-refractivity contribution >= 4 is 11.6 Å². The molecule has 0 aromatic heterocycles. The Morgan fingerprint density at radius 3 is 3.09 bits per heavy atom. The molecule has 0 radical (unpaired) electrons. The van der Waals surface area contributed by atoms with Crippen molar-refractivity contribution in [2.45, 2.75) is 32.6 Å². The molecule has 1 saturated heterocycles. The summed E-state index contributed by atoms with van der Waals surface area (Å²) in [4.78, 5) is 13.9. The molecule has 0 aliphatic carbocycles. The van der Waals surface area contributed by atoms with E-state index in [1.54, 1.807) is 18.2 Å². The number of amides is 1. The fourth-order valence-electron chi connectivity index (χ4n) is 2.80. The predicted molar refractivity (Wildman–Crippen MR) is 85.3 cm³/mol.